The molecule has 0 atom stereocenters. The van der Waals surface area contributed by atoms with E-state index in [0.29, 0.717) is 12.3 Å². The summed E-state index contributed by atoms with van der Waals surface area (Å²) in [5, 5.41) is 8.09. The van der Waals surface area contributed by atoms with Crippen LogP contribution in [0.25, 0.3) is 0 Å². The zero-order valence-corrected chi connectivity index (χ0v) is 6.19. The van der Waals surface area contributed by atoms with Crippen molar-refractivity contribution in [2.75, 3.05) is 18.1 Å². The molecule has 0 rings (SSSR count). The van der Waals surface area contributed by atoms with Gasteiger partial charge in [0, 0.05) is 12.3 Å². The molecule has 0 aromatic rings. The first-order valence-corrected chi connectivity index (χ1v) is 3.88. The smallest absolute Gasteiger partial charge is 0.373 e. The van der Waals surface area contributed by atoms with Crippen LogP contribution in [0.3, 0.4) is 0 Å². The van der Waals surface area contributed by atoms with Crippen molar-refractivity contribution in [3.05, 3.63) is 0 Å². The second kappa shape index (κ2) is 5.25. The maximum Gasteiger partial charge on any atom is 0.373 e. The molecule has 0 aromatic carbocycles. The van der Waals surface area contributed by atoms with E-state index in [1.165, 1.54) is 11.8 Å². The van der Waals surface area contributed by atoms with Crippen LogP contribution in [0.4, 0.5) is 0 Å². The summed E-state index contributed by atoms with van der Waals surface area (Å²) in [6, 6.07) is 0. The summed E-state index contributed by atoms with van der Waals surface area (Å²) in [6.45, 7) is 0.470. The van der Waals surface area contributed by atoms with Crippen LogP contribution in [-0.2, 0) is 9.59 Å². The Kier molecular flexibility index (Phi) is 4.96. The second-order valence-electron chi connectivity index (χ2n) is 1.57. The lowest BCUT2D eigenvalue weighted by molar-refractivity contribution is -0.147. The number of nitrogens with two attached hydrogens (primary N) is 1. The normalized spacial score (nSPS) is 9.30. The fourth-order valence-electron chi connectivity index (χ4n) is 0.310. The number of aliphatic carboxylic acids is 1. The van der Waals surface area contributed by atoms with E-state index in [0.717, 1.165) is 0 Å². The van der Waals surface area contributed by atoms with Gasteiger partial charge in [0.05, 0.1) is 5.75 Å². The Morgan fingerprint density at radius 2 is 2.10 bits per heavy atom. The van der Waals surface area contributed by atoms with Crippen molar-refractivity contribution in [2.45, 2.75) is 0 Å². The number of thioether (sulfide) groups is 1. The minimum absolute atomic E-state index is 0.0204. The van der Waals surface area contributed by atoms with Crippen LogP contribution in [0, 0.1) is 0 Å². The van der Waals surface area contributed by atoms with E-state index in [2.05, 4.69) is 0 Å². The summed E-state index contributed by atoms with van der Waals surface area (Å²) in [5.41, 5.74) is 5.11. The van der Waals surface area contributed by atoms with Crippen molar-refractivity contribution in [1.82, 2.24) is 0 Å². The number of hydrogen-bond donors (Lipinski definition) is 2. The molecule has 0 bridgehead atoms. The van der Waals surface area contributed by atoms with Gasteiger partial charge in [-0.25, -0.2) is 4.79 Å². The topological polar surface area (TPSA) is 80.4 Å². The number of ketones is 1. The van der Waals surface area contributed by atoms with Gasteiger partial charge in [-0.2, -0.15) is 11.8 Å². The lowest BCUT2D eigenvalue weighted by Crippen LogP contribution is -2.15. The molecule has 10 heavy (non-hydrogen) atoms. The first-order chi connectivity index (χ1) is 4.68. The largest absolute Gasteiger partial charge is 0.475 e. The van der Waals surface area contributed by atoms with E-state index < -0.39 is 11.8 Å². The maximum absolute atomic E-state index is 10.4. The molecule has 0 saturated heterocycles. The van der Waals surface area contributed by atoms with Crippen LogP contribution >= 0.6 is 11.8 Å². The highest BCUT2D eigenvalue weighted by Crippen LogP contribution is 1.97. The molecule has 3 N–H and O–H groups in total. The molecule has 58 valence electrons. The van der Waals surface area contributed by atoms with Crippen molar-refractivity contribution >= 4 is 23.5 Å². The van der Waals surface area contributed by atoms with Crippen LogP contribution in [0.15, 0.2) is 0 Å². The highest BCUT2D eigenvalue weighted by molar-refractivity contribution is 8.00. The number of hydrogen-bond acceptors (Lipinski definition) is 4. The molecule has 0 unspecified atom stereocenters. The molecule has 5 heteroatoms. The average molecular weight is 163 g/mol. The van der Waals surface area contributed by atoms with Gasteiger partial charge in [0.25, 0.3) is 0 Å². The number of carboxylic acids is 1. The molecule has 0 fully saturated rings. The summed E-state index contributed by atoms with van der Waals surface area (Å²) in [6.07, 6.45) is 0. The fourth-order valence-corrected chi connectivity index (χ4v) is 0.930. The van der Waals surface area contributed by atoms with E-state index >= 15 is 0 Å². The quantitative estimate of drug-likeness (QED) is 0.415. The minimum atomic E-state index is -1.37. The third-order valence-electron chi connectivity index (χ3n) is 0.734. The predicted molar refractivity (Wildman–Crippen MR) is 39.0 cm³/mol. The molecular formula is C5H9NO3S. The molecule has 0 heterocycles. The second-order valence-corrected chi connectivity index (χ2v) is 2.67. The van der Waals surface area contributed by atoms with Crippen molar-refractivity contribution < 1.29 is 14.7 Å². The third-order valence-corrected chi connectivity index (χ3v) is 1.72. The zero-order valence-electron chi connectivity index (χ0n) is 5.37. The van der Waals surface area contributed by atoms with E-state index in [1.54, 1.807) is 0 Å². The minimum Gasteiger partial charge on any atom is -0.475 e. The van der Waals surface area contributed by atoms with Gasteiger partial charge in [-0.05, 0) is 0 Å². The predicted octanol–water partition coefficient (Wildman–Crippen LogP) is -0.668. The van der Waals surface area contributed by atoms with E-state index in [4.69, 9.17) is 10.8 Å². The Balaban J connectivity index is 3.31. The number of Topliss-reactive ketones (excluding diaryl/α,β-unsaturated/α-hetero) is 1. The Morgan fingerprint density at radius 1 is 1.50 bits per heavy atom. The monoisotopic (exact) mass is 163 g/mol. The number of carbonyl (C=O) groups is 2. The van der Waals surface area contributed by atoms with Crippen LogP contribution in [0.1, 0.15) is 0 Å². The number of carbonyl (C=O) groups excluding carboxylic acids is 1. The third kappa shape index (κ3) is 4.34. The van der Waals surface area contributed by atoms with Crippen LogP contribution in [0.5, 0.6) is 0 Å². The summed E-state index contributed by atoms with van der Waals surface area (Å²) in [5.74, 6) is -1.49. The van der Waals surface area contributed by atoms with E-state index in [1.807, 2.05) is 0 Å². The van der Waals surface area contributed by atoms with Crippen LogP contribution in [-0.4, -0.2) is 34.9 Å². The lowest BCUT2D eigenvalue weighted by atomic mass is 10.5. The zero-order chi connectivity index (χ0) is 7.98. The van der Waals surface area contributed by atoms with E-state index in [-0.39, 0.29) is 5.75 Å². The van der Waals surface area contributed by atoms with Crippen molar-refractivity contribution in [2.24, 2.45) is 5.73 Å². The highest BCUT2D eigenvalue weighted by atomic mass is 32.2. The standard InChI is InChI=1S/C5H9NO3S/c6-1-2-10-3-4(7)5(8)9/h1-3,6H2,(H,8,9). The molecule has 0 aromatic heterocycles. The molecule has 4 nitrogen and oxygen atoms in total. The van der Waals surface area contributed by atoms with Crippen LogP contribution < -0.4 is 5.73 Å². The molecular weight excluding hydrogens is 154 g/mol. The van der Waals surface area contributed by atoms with Crippen LogP contribution in [0.2, 0.25) is 0 Å². The number of carboxylic acid groups (broad SMARTS) is 1. The molecule has 0 radical (unpaired) electrons. The maximum atomic E-state index is 10.4. The Labute approximate surface area is 62.8 Å². The Bertz CT molecular complexity index is 137. The van der Waals surface area contributed by atoms with Gasteiger partial charge in [0.2, 0.25) is 5.78 Å². The average Bonchev–Trinajstić information content (AvgIpc) is 1.88. The molecule has 0 aliphatic carbocycles. The van der Waals surface area contributed by atoms with Gasteiger partial charge in [-0.1, -0.05) is 0 Å². The lowest BCUT2D eigenvalue weighted by Gasteiger charge is -1.93. The summed E-state index contributed by atoms with van der Waals surface area (Å²) < 4.78 is 0. The van der Waals surface area contributed by atoms with Crippen molar-refractivity contribution in [3.8, 4) is 0 Å². The van der Waals surface area contributed by atoms with Gasteiger partial charge in [0.1, 0.15) is 0 Å². The SMILES string of the molecule is NCCSCC(=O)C(=O)O. The van der Waals surface area contributed by atoms with Crippen molar-refractivity contribution in [3.63, 3.8) is 0 Å². The first kappa shape index (κ1) is 9.45. The number of rotatable bonds is 5. The van der Waals surface area contributed by atoms with Gasteiger partial charge in [-0.15, -0.1) is 0 Å². The summed E-state index contributed by atoms with van der Waals surface area (Å²) >= 11 is 1.23. The summed E-state index contributed by atoms with van der Waals surface area (Å²) in [7, 11) is 0. The van der Waals surface area contributed by atoms with Gasteiger partial charge in [0.15, 0.2) is 0 Å². The molecule has 0 spiro atoms. The molecule has 0 aliphatic rings. The Hall–Kier alpha value is -0.550. The molecule has 0 aliphatic heterocycles. The van der Waals surface area contributed by atoms with Gasteiger partial charge in [-0.3, -0.25) is 4.79 Å². The van der Waals surface area contributed by atoms with E-state index in [9.17, 15) is 9.59 Å². The van der Waals surface area contributed by atoms with Gasteiger partial charge < -0.3 is 10.8 Å². The molecule has 0 amide bonds. The summed E-state index contributed by atoms with van der Waals surface area (Å²) in [4.78, 5) is 20.3. The molecule has 0 saturated carbocycles. The van der Waals surface area contributed by atoms with Gasteiger partial charge >= 0.3 is 5.97 Å². The van der Waals surface area contributed by atoms with Crippen molar-refractivity contribution in [1.29, 1.82) is 0 Å². The first-order valence-electron chi connectivity index (χ1n) is 2.72. The highest BCUT2D eigenvalue weighted by Gasteiger charge is 2.09. The fraction of sp³-hybridized carbons (Fsp3) is 0.600. The Morgan fingerprint density at radius 3 is 2.50 bits per heavy atom.